The molecule has 3 rings (SSSR count). The zero-order valence-electron chi connectivity index (χ0n) is 12.8. The average molecular weight is 314 g/mol. The van der Waals surface area contributed by atoms with Crippen molar-refractivity contribution in [2.75, 3.05) is 5.84 Å². The average Bonchev–Trinajstić information content (AvgIpc) is 2.99. The Kier molecular flexibility index (Phi) is 3.89. The van der Waals surface area contributed by atoms with Gasteiger partial charge in [0, 0.05) is 11.4 Å². The number of nitrogen functional groups attached to an aromatic ring is 1. The minimum atomic E-state index is 0.525. The van der Waals surface area contributed by atoms with Crippen LogP contribution in [0.25, 0.3) is 5.95 Å². The summed E-state index contributed by atoms with van der Waals surface area (Å²) in [6, 6.07) is 10.4. The van der Waals surface area contributed by atoms with E-state index in [2.05, 4.69) is 46.5 Å². The van der Waals surface area contributed by atoms with Crippen LogP contribution < -0.4 is 5.84 Å². The molecule has 0 aliphatic rings. The Hall–Kier alpha value is -2.28. The van der Waals surface area contributed by atoms with Crippen LogP contribution in [0.2, 0.25) is 0 Å². The first-order chi connectivity index (χ1) is 10.5. The van der Waals surface area contributed by atoms with Crippen LogP contribution in [0.4, 0.5) is 0 Å². The van der Waals surface area contributed by atoms with Gasteiger partial charge >= 0.3 is 0 Å². The van der Waals surface area contributed by atoms with Gasteiger partial charge in [0.15, 0.2) is 0 Å². The van der Waals surface area contributed by atoms with Crippen molar-refractivity contribution in [3.63, 3.8) is 0 Å². The number of hydrogen-bond acceptors (Lipinski definition) is 5. The smallest absolute Gasteiger partial charge is 0.271 e. The minimum absolute atomic E-state index is 0.525. The fraction of sp³-hybridized carbons (Fsp3) is 0.267. The van der Waals surface area contributed by atoms with Gasteiger partial charge in [0.1, 0.15) is 0 Å². The number of nitrogens with two attached hydrogens (primary N) is 1. The highest BCUT2D eigenvalue weighted by Crippen LogP contribution is 2.22. The molecule has 2 aromatic heterocycles. The van der Waals surface area contributed by atoms with Gasteiger partial charge in [-0.25, -0.2) is 9.36 Å². The van der Waals surface area contributed by atoms with Crippen LogP contribution in [0.1, 0.15) is 22.5 Å². The third kappa shape index (κ3) is 2.85. The Morgan fingerprint density at radius 1 is 1.14 bits per heavy atom. The van der Waals surface area contributed by atoms with Crippen LogP contribution in [-0.4, -0.2) is 24.7 Å². The van der Waals surface area contributed by atoms with Gasteiger partial charge in [0.25, 0.3) is 5.95 Å². The van der Waals surface area contributed by atoms with Crippen LogP contribution in [-0.2, 0) is 5.75 Å². The van der Waals surface area contributed by atoms with Crippen molar-refractivity contribution in [2.24, 2.45) is 0 Å². The van der Waals surface area contributed by atoms with Crippen molar-refractivity contribution >= 4 is 11.8 Å². The quantitative estimate of drug-likeness (QED) is 0.591. The maximum atomic E-state index is 6.12. The molecule has 0 atom stereocenters. The lowest BCUT2D eigenvalue weighted by atomic mass is 10.2. The third-order valence-corrected chi connectivity index (χ3v) is 4.31. The predicted molar refractivity (Wildman–Crippen MR) is 87.5 cm³/mol. The summed E-state index contributed by atoms with van der Waals surface area (Å²) >= 11 is 1.56. The summed E-state index contributed by atoms with van der Waals surface area (Å²) in [6.07, 6.45) is 0. The van der Waals surface area contributed by atoms with Crippen LogP contribution in [0.15, 0.2) is 35.5 Å². The summed E-state index contributed by atoms with van der Waals surface area (Å²) in [6.45, 7) is 5.99. The number of aryl methyl sites for hydroxylation is 3. The summed E-state index contributed by atoms with van der Waals surface area (Å²) in [5.41, 5.74) is 4.39. The Labute approximate surface area is 133 Å². The Morgan fingerprint density at radius 3 is 2.64 bits per heavy atom. The van der Waals surface area contributed by atoms with E-state index in [4.69, 9.17) is 5.84 Å². The molecule has 2 N–H and O–H groups in total. The van der Waals surface area contributed by atoms with Crippen molar-refractivity contribution in [3.8, 4) is 5.95 Å². The first-order valence-electron chi connectivity index (χ1n) is 6.97. The Morgan fingerprint density at radius 2 is 1.95 bits per heavy atom. The van der Waals surface area contributed by atoms with Gasteiger partial charge in [0.05, 0.1) is 5.69 Å². The van der Waals surface area contributed by atoms with Crippen LogP contribution in [0.5, 0.6) is 0 Å². The molecule has 0 amide bonds. The van der Waals surface area contributed by atoms with Crippen LogP contribution in [0, 0.1) is 20.8 Å². The number of aromatic nitrogens is 5. The zero-order valence-corrected chi connectivity index (χ0v) is 13.6. The molecule has 0 saturated carbocycles. The van der Waals surface area contributed by atoms with Crippen molar-refractivity contribution < 1.29 is 0 Å². The fourth-order valence-electron chi connectivity index (χ4n) is 2.29. The molecular weight excluding hydrogens is 296 g/mol. The minimum Gasteiger partial charge on any atom is -0.334 e. The molecule has 2 heterocycles. The van der Waals surface area contributed by atoms with Gasteiger partial charge in [0.2, 0.25) is 5.16 Å². The second-order valence-electron chi connectivity index (χ2n) is 5.27. The predicted octanol–water partition coefficient (Wildman–Crippen LogP) is 2.40. The molecule has 6 nitrogen and oxygen atoms in total. The molecule has 0 saturated heterocycles. The fourth-order valence-corrected chi connectivity index (χ4v) is 3.09. The van der Waals surface area contributed by atoms with Crippen molar-refractivity contribution in [2.45, 2.75) is 31.7 Å². The number of benzene rings is 1. The third-order valence-electron chi connectivity index (χ3n) is 3.30. The van der Waals surface area contributed by atoms with Gasteiger partial charge in [-0.1, -0.05) is 41.6 Å². The van der Waals surface area contributed by atoms with E-state index in [-0.39, 0.29) is 0 Å². The maximum Gasteiger partial charge on any atom is 0.271 e. The first kappa shape index (κ1) is 14.6. The van der Waals surface area contributed by atoms with E-state index in [1.807, 2.05) is 19.9 Å². The summed E-state index contributed by atoms with van der Waals surface area (Å²) in [5, 5.41) is 13.4. The number of thioether (sulfide) groups is 1. The van der Waals surface area contributed by atoms with E-state index < -0.39 is 0 Å². The lowest BCUT2D eigenvalue weighted by molar-refractivity contribution is 0.727. The monoisotopic (exact) mass is 314 g/mol. The summed E-state index contributed by atoms with van der Waals surface area (Å²) in [4.78, 5) is 0. The molecule has 0 aliphatic heterocycles. The lowest BCUT2D eigenvalue weighted by Gasteiger charge is -2.05. The van der Waals surface area contributed by atoms with Gasteiger partial charge in [-0.3, -0.25) is 0 Å². The molecular formula is C15H18N6S. The van der Waals surface area contributed by atoms with Gasteiger partial charge in [-0.05, 0) is 32.4 Å². The Balaban J connectivity index is 1.80. The van der Waals surface area contributed by atoms with Gasteiger partial charge in [-0.2, -0.15) is 5.10 Å². The second-order valence-corrected chi connectivity index (χ2v) is 6.21. The topological polar surface area (TPSA) is 74.5 Å². The molecule has 22 heavy (non-hydrogen) atoms. The largest absolute Gasteiger partial charge is 0.334 e. The van der Waals surface area contributed by atoms with E-state index in [9.17, 15) is 0 Å². The van der Waals surface area contributed by atoms with Crippen LogP contribution >= 0.6 is 11.8 Å². The van der Waals surface area contributed by atoms with Crippen molar-refractivity contribution in [3.05, 3.63) is 52.8 Å². The highest BCUT2D eigenvalue weighted by atomic mass is 32.2. The number of rotatable bonds is 4. The van der Waals surface area contributed by atoms with E-state index >= 15 is 0 Å². The highest BCUT2D eigenvalue weighted by Gasteiger charge is 2.14. The molecule has 0 aliphatic carbocycles. The molecule has 3 aromatic rings. The van der Waals surface area contributed by atoms with Crippen LogP contribution in [0.3, 0.4) is 0 Å². The van der Waals surface area contributed by atoms with Gasteiger partial charge < -0.3 is 5.84 Å². The summed E-state index contributed by atoms with van der Waals surface area (Å²) in [7, 11) is 0. The summed E-state index contributed by atoms with van der Waals surface area (Å²) < 4.78 is 3.19. The van der Waals surface area contributed by atoms with Crippen molar-refractivity contribution in [1.82, 2.24) is 24.7 Å². The maximum absolute atomic E-state index is 6.12. The first-order valence-corrected chi connectivity index (χ1v) is 7.95. The molecule has 0 bridgehead atoms. The number of nitrogens with zero attached hydrogens (tertiary/aromatic N) is 5. The normalized spacial score (nSPS) is 11.0. The highest BCUT2D eigenvalue weighted by molar-refractivity contribution is 7.98. The molecule has 1 aromatic carbocycles. The summed E-state index contributed by atoms with van der Waals surface area (Å²) in [5.74, 6) is 7.44. The van der Waals surface area contributed by atoms with E-state index in [0.29, 0.717) is 11.1 Å². The van der Waals surface area contributed by atoms with E-state index in [1.54, 1.807) is 16.4 Å². The van der Waals surface area contributed by atoms with E-state index in [0.717, 1.165) is 17.1 Å². The molecule has 0 spiro atoms. The zero-order chi connectivity index (χ0) is 15.7. The second kappa shape index (κ2) is 5.84. The number of hydrogen-bond donors (Lipinski definition) is 1. The molecule has 0 radical (unpaired) electrons. The van der Waals surface area contributed by atoms with Crippen molar-refractivity contribution in [1.29, 1.82) is 0 Å². The SMILES string of the molecule is Cc1cccc(CSc2nnc(-n3nc(C)cc3C)n2N)c1. The molecule has 114 valence electrons. The van der Waals surface area contributed by atoms with E-state index in [1.165, 1.54) is 15.8 Å². The Bertz CT molecular complexity index is 804. The lowest BCUT2D eigenvalue weighted by Crippen LogP contribution is -2.17. The molecule has 7 heteroatoms. The van der Waals surface area contributed by atoms with Gasteiger partial charge in [-0.15, -0.1) is 10.2 Å². The molecule has 0 fully saturated rings. The standard InChI is InChI=1S/C15H18N6S/c1-10-5-4-6-13(7-10)9-22-15-18-17-14(20(15)16)21-12(3)8-11(2)19-21/h4-8H,9,16H2,1-3H3. The molecule has 0 unspecified atom stereocenters.